The third-order valence-corrected chi connectivity index (χ3v) is 2.06. The number of nitrogens with one attached hydrogen (secondary N) is 1. The molecule has 0 aromatic heterocycles. The van der Waals surface area contributed by atoms with Crippen LogP contribution < -0.4 is 5.32 Å². The standard InChI is InChI=1S/C11H25N/c1-8-9(10(2,3)4)12-11(5,6)7/h9,12H,8H2,1-7H3. The van der Waals surface area contributed by atoms with E-state index in [0.717, 1.165) is 0 Å². The summed E-state index contributed by atoms with van der Waals surface area (Å²) in [6, 6.07) is 0.609. The van der Waals surface area contributed by atoms with Gasteiger partial charge in [0.2, 0.25) is 0 Å². The average Bonchev–Trinajstić information content (AvgIpc) is 1.78. The van der Waals surface area contributed by atoms with Gasteiger partial charge in [0.15, 0.2) is 0 Å². The zero-order valence-electron chi connectivity index (χ0n) is 9.78. The van der Waals surface area contributed by atoms with Gasteiger partial charge in [-0.15, -0.1) is 0 Å². The summed E-state index contributed by atoms with van der Waals surface area (Å²) in [6.07, 6.45) is 1.20. The molecule has 0 aromatic carbocycles. The Morgan fingerprint density at radius 2 is 1.42 bits per heavy atom. The van der Waals surface area contributed by atoms with Gasteiger partial charge in [-0.2, -0.15) is 0 Å². The van der Waals surface area contributed by atoms with Crippen LogP contribution in [-0.2, 0) is 0 Å². The lowest BCUT2D eigenvalue weighted by Crippen LogP contribution is -2.49. The Morgan fingerprint density at radius 1 is 1.00 bits per heavy atom. The number of hydrogen-bond donors (Lipinski definition) is 1. The second kappa shape index (κ2) is 3.78. The molecule has 0 aliphatic carbocycles. The fraction of sp³-hybridized carbons (Fsp3) is 1.00. The van der Waals surface area contributed by atoms with Gasteiger partial charge in [0, 0.05) is 11.6 Å². The van der Waals surface area contributed by atoms with Crippen LogP contribution in [0.25, 0.3) is 0 Å². The van der Waals surface area contributed by atoms with Crippen molar-refractivity contribution in [1.82, 2.24) is 5.32 Å². The molecule has 0 aliphatic heterocycles. The number of rotatable bonds is 2. The van der Waals surface area contributed by atoms with Gasteiger partial charge in [0.1, 0.15) is 0 Å². The lowest BCUT2D eigenvalue weighted by atomic mass is 9.84. The third kappa shape index (κ3) is 4.76. The molecule has 12 heavy (non-hydrogen) atoms. The molecule has 74 valence electrons. The maximum atomic E-state index is 3.65. The quantitative estimate of drug-likeness (QED) is 0.673. The molecular formula is C11H25N. The first-order valence-corrected chi connectivity index (χ1v) is 4.94. The van der Waals surface area contributed by atoms with E-state index in [1.807, 2.05) is 0 Å². The normalized spacial score (nSPS) is 16.2. The molecule has 0 radical (unpaired) electrons. The molecule has 0 rings (SSSR count). The maximum Gasteiger partial charge on any atom is 0.0118 e. The van der Waals surface area contributed by atoms with Gasteiger partial charge in [-0.1, -0.05) is 27.7 Å². The van der Waals surface area contributed by atoms with E-state index in [1.165, 1.54) is 6.42 Å². The van der Waals surface area contributed by atoms with Crippen LogP contribution >= 0.6 is 0 Å². The topological polar surface area (TPSA) is 12.0 Å². The molecule has 0 fully saturated rings. The van der Waals surface area contributed by atoms with Crippen LogP contribution in [0.2, 0.25) is 0 Å². The Kier molecular flexibility index (Phi) is 3.77. The summed E-state index contributed by atoms with van der Waals surface area (Å²) in [4.78, 5) is 0. The van der Waals surface area contributed by atoms with Gasteiger partial charge < -0.3 is 5.32 Å². The third-order valence-electron chi connectivity index (χ3n) is 2.06. The van der Waals surface area contributed by atoms with Gasteiger partial charge >= 0.3 is 0 Å². The summed E-state index contributed by atoms with van der Waals surface area (Å²) in [5.41, 5.74) is 0.593. The van der Waals surface area contributed by atoms with Crippen LogP contribution in [0.3, 0.4) is 0 Å². The minimum absolute atomic E-state index is 0.230. The molecule has 1 unspecified atom stereocenters. The Labute approximate surface area is 77.9 Å². The highest BCUT2D eigenvalue weighted by Gasteiger charge is 2.26. The Bertz CT molecular complexity index is 125. The summed E-state index contributed by atoms with van der Waals surface area (Å²) >= 11 is 0. The second-order valence-electron chi connectivity index (χ2n) is 5.72. The average molecular weight is 171 g/mol. The number of hydrogen-bond acceptors (Lipinski definition) is 1. The molecule has 0 aromatic rings. The first-order valence-electron chi connectivity index (χ1n) is 4.94. The molecular weight excluding hydrogens is 146 g/mol. The van der Waals surface area contributed by atoms with E-state index in [2.05, 4.69) is 53.8 Å². The summed E-state index contributed by atoms with van der Waals surface area (Å²) in [5, 5.41) is 3.65. The highest BCUT2D eigenvalue weighted by Crippen LogP contribution is 2.23. The largest absolute Gasteiger partial charge is 0.309 e. The van der Waals surface area contributed by atoms with Crippen molar-refractivity contribution in [2.45, 2.75) is 66.5 Å². The molecule has 1 atom stereocenters. The van der Waals surface area contributed by atoms with Crippen molar-refractivity contribution in [2.24, 2.45) is 5.41 Å². The van der Waals surface area contributed by atoms with E-state index in [1.54, 1.807) is 0 Å². The Hall–Kier alpha value is -0.0400. The minimum atomic E-state index is 0.230. The van der Waals surface area contributed by atoms with Crippen LogP contribution in [0.5, 0.6) is 0 Å². The highest BCUT2D eigenvalue weighted by atomic mass is 15.0. The lowest BCUT2D eigenvalue weighted by Gasteiger charge is -2.36. The van der Waals surface area contributed by atoms with Gasteiger partial charge in [-0.3, -0.25) is 0 Å². The second-order valence-corrected chi connectivity index (χ2v) is 5.72. The fourth-order valence-electron chi connectivity index (χ4n) is 1.45. The molecule has 0 spiro atoms. The van der Waals surface area contributed by atoms with E-state index in [0.29, 0.717) is 11.5 Å². The van der Waals surface area contributed by atoms with Gasteiger partial charge in [0.25, 0.3) is 0 Å². The molecule has 0 saturated heterocycles. The van der Waals surface area contributed by atoms with Crippen molar-refractivity contribution >= 4 is 0 Å². The summed E-state index contributed by atoms with van der Waals surface area (Å²) in [7, 11) is 0. The first kappa shape index (κ1) is 12.0. The Balaban J connectivity index is 4.20. The fourth-order valence-corrected chi connectivity index (χ4v) is 1.45. The van der Waals surface area contributed by atoms with E-state index < -0.39 is 0 Å². The van der Waals surface area contributed by atoms with Crippen molar-refractivity contribution < 1.29 is 0 Å². The predicted octanol–water partition coefficient (Wildman–Crippen LogP) is 3.20. The zero-order valence-corrected chi connectivity index (χ0v) is 9.78. The molecule has 1 N–H and O–H groups in total. The summed E-state index contributed by atoms with van der Waals surface area (Å²) < 4.78 is 0. The Morgan fingerprint density at radius 3 is 1.50 bits per heavy atom. The van der Waals surface area contributed by atoms with Crippen molar-refractivity contribution in [2.75, 3.05) is 0 Å². The van der Waals surface area contributed by atoms with E-state index in [9.17, 15) is 0 Å². The molecule has 1 nitrogen and oxygen atoms in total. The molecule has 0 amide bonds. The lowest BCUT2D eigenvalue weighted by molar-refractivity contribution is 0.214. The van der Waals surface area contributed by atoms with Crippen molar-refractivity contribution in [3.63, 3.8) is 0 Å². The molecule has 0 bridgehead atoms. The van der Waals surface area contributed by atoms with Crippen LogP contribution in [0, 0.1) is 5.41 Å². The summed E-state index contributed by atoms with van der Waals surface area (Å²) in [5.74, 6) is 0. The van der Waals surface area contributed by atoms with Gasteiger partial charge in [0.05, 0.1) is 0 Å². The van der Waals surface area contributed by atoms with Crippen molar-refractivity contribution in [3.8, 4) is 0 Å². The first-order chi connectivity index (χ1) is 5.17. The minimum Gasteiger partial charge on any atom is -0.309 e. The van der Waals surface area contributed by atoms with Crippen LogP contribution in [0.1, 0.15) is 54.9 Å². The molecule has 0 saturated carbocycles. The van der Waals surface area contributed by atoms with Crippen molar-refractivity contribution in [1.29, 1.82) is 0 Å². The van der Waals surface area contributed by atoms with Crippen LogP contribution in [0.15, 0.2) is 0 Å². The van der Waals surface area contributed by atoms with Gasteiger partial charge in [-0.05, 0) is 32.6 Å². The smallest absolute Gasteiger partial charge is 0.0118 e. The molecule has 0 aliphatic rings. The van der Waals surface area contributed by atoms with Gasteiger partial charge in [-0.25, -0.2) is 0 Å². The SMILES string of the molecule is CCC(NC(C)(C)C)C(C)(C)C. The predicted molar refractivity (Wildman–Crippen MR) is 56.4 cm³/mol. The van der Waals surface area contributed by atoms with Crippen LogP contribution in [0.4, 0.5) is 0 Å². The summed E-state index contributed by atoms with van der Waals surface area (Å²) in [6.45, 7) is 15.8. The highest BCUT2D eigenvalue weighted by molar-refractivity contribution is 4.84. The zero-order chi connectivity index (χ0) is 9.99. The van der Waals surface area contributed by atoms with E-state index in [4.69, 9.17) is 0 Å². The maximum absolute atomic E-state index is 3.65. The molecule has 0 heterocycles. The van der Waals surface area contributed by atoms with Crippen LogP contribution in [-0.4, -0.2) is 11.6 Å². The monoisotopic (exact) mass is 171 g/mol. The molecule has 1 heteroatoms. The van der Waals surface area contributed by atoms with E-state index in [-0.39, 0.29) is 5.54 Å². The van der Waals surface area contributed by atoms with E-state index >= 15 is 0 Å². The van der Waals surface area contributed by atoms with Crippen molar-refractivity contribution in [3.05, 3.63) is 0 Å².